The second-order valence-electron chi connectivity index (χ2n) is 5.49. The first kappa shape index (κ1) is 15.7. The van der Waals surface area contributed by atoms with Crippen LogP contribution in [0.2, 0.25) is 0 Å². The van der Waals surface area contributed by atoms with Gasteiger partial charge >= 0.3 is 0 Å². The summed E-state index contributed by atoms with van der Waals surface area (Å²) < 4.78 is 1.94. The summed E-state index contributed by atoms with van der Waals surface area (Å²) in [4.78, 5) is 11.9. The smallest absolute Gasteiger partial charge is 0.225 e. The molecule has 2 N–H and O–H groups in total. The van der Waals surface area contributed by atoms with Crippen molar-refractivity contribution in [3.63, 3.8) is 0 Å². The Morgan fingerprint density at radius 1 is 1.26 bits per heavy atom. The van der Waals surface area contributed by atoms with Crippen molar-refractivity contribution in [3.8, 4) is 0 Å². The molecule has 0 fully saturated rings. The minimum atomic E-state index is 0.0302. The molecule has 0 radical (unpaired) electrons. The third-order valence-electron chi connectivity index (χ3n) is 2.98. The molecule has 5 heteroatoms. The van der Waals surface area contributed by atoms with Gasteiger partial charge in [0.2, 0.25) is 5.91 Å². The number of nitrogens with one attached hydrogen (secondary N) is 2. The molecule has 0 unspecified atom stereocenters. The number of hydrogen-bond acceptors (Lipinski definition) is 3. The fourth-order valence-corrected chi connectivity index (χ4v) is 2.02. The number of carbonyl (C=O) groups is 1. The fourth-order valence-electron chi connectivity index (χ4n) is 2.02. The Bertz CT molecular complexity index is 435. The van der Waals surface area contributed by atoms with Crippen molar-refractivity contribution in [2.45, 2.75) is 60.0 Å². The predicted molar refractivity (Wildman–Crippen MR) is 78.5 cm³/mol. The lowest BCUT2D eigenvalue weighted by Crippen LogP contribution is -2.27. The number of aromatic nitrogens is 2. The molecule has 0 aliphatic carbocycles. The maximum Gasteiger partial charge on any atom is 0.225 e. The van der Waals surface area contributed by atoms with Crippen molar-refractivity contribution in [1.29, 1.82) is 0 Å². The highest BCUT2D eigenvalue weighted by atomic mass is 16.1. The van der Waals surface area contributed by atoms with Gasteiger partial charge in [-0.25, -0.2) is 0 Å². The summed E-state index contributed by atoms with van der Waals surface area (Å²) in [6.45, 7) is 12.9. The number of hydrogen-bond donors (Lipinski definition) is 2. The fraction of sp³-hybridized carbons (Fsp3) is 0.714. The van der Waals surface area contributed by atoms with Gasteiger partial charge in [-0.2, -0.15) is 5.10 Å². The highest BCUT2D eigenvalue weighted by molar-refractivity contribution is 5.92. The summed E-state index contributed by atoms with van der Waals surface area (Å²) >= 11 is 0. The minimum Gasteiger partial charge on any atom is -0.323 e. The molecule has 0 spiro atoms. The van der Waals surface area contributed by atoms with Gasteiger partial charge in [0.1, 0.15) is 0 Å². The Kier molecular flexibility index (Phi) is 5.54. The Labute approximate surface area is 115 Å². The summed E-state index contributed by atoms with van der Waals surface area (Å²) in [5.74, 6) is 0.0302. The van der Waals surface area contributed by atoms with E-state index in [0.717, 1.165) is 17.1 Å². The van der Waals surface area contributed by atoms with Crippen molar-refractivity contribution >= 4 is 11.6 Å². The van der Waals surface area contributed by atoms with Crippen LogP contribution in [-0.2, 0) is 4.79 Å². The van der Waals surface area contributed by atoms with Crippen LogP contribution in [0.5, 0.6) is 0 Å². The van der Waals surface area contributed by atoms with Crippen molar-refractivity contribution in [3.05, 3.63) is 11.4 Å². The van der Waals surface area contributed by atoms with Gasteiger partial charge in [-0.05, 0) is 27.7 Å². The summed E-state index contributed by atoms with van der Waals surface area (Å²) in [5, 5.41) is 10.7. The number of rotatable bonds is 6. The molecule has 1 amide bonds. The zero-order chi connectivity index (χ0) is 14.6. The van der Waals surface area contributed by atoms with Crippen molar-refractivity contribution in [1.82, 2.24) is 15.1 Å². The average Bonchev–Trinajstić information content (AvgIpc) is 2.56. The highest BCUT2D eigenvalue weighted by Gasteiger charge is 2.15. The van der Waals surface area contributed by atoms with Crippen LogP contribution in [-0.4, -0.2) is 28.3 Å². The van der Waals surface area contributed by atoms with Crippen molar-refractivity contribution in [2.24, 2.45) is 0 Å². The lowest BCUT2D eigenvalue weighted by molar-refractivity contribution is -0.116. The normalized spacial score (nSPS) is 11.4. The van der Waals surface area contributed by atoms with E-state index < -0.39 is 0 Å². The van der Waals surface area contributed by atoms with E-state index in [0.29, 0.717) is 25.0 Å². The molecule has 1 rings (SSSR count). The molecule has 0 atom stereocenters. The van der Waals surface area contributed by atoms with Gasteiger partial charge in [0, 0.05) is 25.0 Å². The number of nitrogens with zero attached hydrogens (tertiary/aromatic N) is 2. The van der Waals surface area contributed by atoms with Crippen LogP contribution in [0.15, 0.2) is 0 Å². The Hall–Kier alpha value is -1.36. The van der Waals surface area contributed by atoms with E-state index in [4.69, 9.17) is 0 Å². The van der Waals surface area contributed by atoms with Crippen LogP contribution in [0, 0.1) is 13.8 Å². The van der Waals surface area contributed by atoms with Gasteiger partial charge in [0.15, 0.2) is 0 Å². The Morgan fingerprint density at radius 3 is 2.37 bits per heavy atom. The van der Waals surface area contributed by atoms with Gasteiger partial charge < -0.3 is 10.6 Å². The summed E-state index contributed by atoms with van der Waals surface area (Å²) in [6, 6.07) is 0.701. The SMILES string of the molecule is Cc1nn(C(C)C)c(C)c1NC(=O)CCNC(C)C. The molecule has 0 aromatic carbocycles. The largest absolute Gasteiger partial charge is 0.323 e. The second-order valence-corrected chi connectivity index (χ2v) is 5.49. The summed E-state index contributed by atoms with van der Waals surface area (Å²) in [7, 11) is 0. The molecule has 0 saturated carbocycles. The molecule has 108 valence electrons. The molecular weight excluding hydrogens is 240 g/mol. The van der Waals surface area contributed by atoms with Crippen LogP contribution in [0.1, 0.15) is 51.5 Å². The van der Waals surface area contributed by atoms with Crippen LogP contribution < -0.4 is 10.6 Å². The minimum absolute atomic E-state index is 0.0302. The monoisotopic (exact) mass is 266 g/mol. The van der Waals surface area contributed by atoms with Crippen LogP contribution >= 0.6 is 0 Å². The van der Waals surface area contributed by atoms with E-state index in [2.05, 4.69) is 43.4 Å². The van der Waals surface area contributed by atoms with E-state index in [1.165, 1.54) is 0 Å². The summed E-state index contributed by atoms with van der Waals surface area (Å²) in [6.07, 6.45) is 0.476. The van der Waals surface area contributed by atoms with Gasteiger partial charge in [0.05, 0.1) is 17.1 Å². The van der Waals surface area contributed by atoms with Gasteiger partial charge in [-0.3, -0.25) is 9.48 Å². The summed E-state index contributed by atoms with van der Waals surface area (Å²) in [5.41, 5.74) is 2.73. The van der Waals surface area contributed by atoms with Crippen LogP contribution in [0.4, 0.5) is 5.69 Å². The van der Waals surface area contributed by atoms with E-state index in [1.54, 1.807) is 0 Å². The van der Waals surface area contributed by atoms with E-state index >= 15 is 0 Å². The van der Waals surface area contributed by atoms with E-state index in [-0.39, 0.29) is 5.91 Å². The molecule has 5 nitrogen and oxygen atoms in total. The van der Waals surface area contributed by atoms with Crippen molar-refractivity contribution in [2.75, 3.05) is 11.9 Å². The topological polar surface area (TPSA) is 59.0 Å². The Morgan fingerprint density at radius 2 is 1.89 bits per heavy atom. The van der Waals surface area contributed by atoms with E-state index in [9.17, 15) is 4.79 Å². The lowest BCUT2D eigenvalue weighted by Gasteiger charge is -2.10. The number of aryl methyl sites for hydroxylation is 1. The number of carbonyl (C=O) groups excluding carboxylic acids is 1. The first-order valence-corrected chi connectivity index (χ1v) is 6.91. The molecule has 1 heterocycles. The Balaban J connectivity index is 2.64. The number of anilines is 1. The first-order valence-electron chi connectivity index (χ1n) is 6.91. The van der Waals surface area contributed by atoms with Gasteiger partial charge in [-0.15, -0.1) is 0 Å². The quantitative estimate of drug-likeness (QED) is 0.831. The molecule has 0 aliphatic rings. The molecule has 1 aromatic rings. The molecule has 0 saturated heterocycles. The predicted octanol–water partition coefficient (Wildman–Crippen LogP) is 2.41. The highest BCUT2D eigenvalue weighted by Crippen LogP contribution is 2.22. The lowest BCUT2D eigenvalue weighted by atomic mass is 10.2. The van der Waals surface area contributed by atoms with Crippen LogP contribution in [0.25, 0.3) is 0 Å². The standard InChI is InChI=1S/C14H26N4O/c1-9(2)15-8-7-13(19)16-14-11(5)17-18(10(3)4)12(14)6/h9-10,15H,7-8H2,1-6H3,(H,16,19). The third kappa shape index (κ3) is 4.35. The molecular formula is C14H26N4O. The maximum absolute atomic E-state index is 11.9. The first-order chi connectivity index (χ1) is 8.82. The average molecular weight is 266 g/mol. The molecule has 0 bridgehead atoms. The van der Waals surface area contributed by atoms with Crippen LogP contribution in [0.3, 0.4) is 0 Å². The number of amides is 1. The van der Waals surface area contributed by atoms with Gasteiger partial charge in [0.25, 0.3) is 0 Å². The van der Waals surface area contributed by atoms with Crippen molar-refractivity contribution < 1.29 is 4.79 Å². The second kappa shape index (κ2) is 6.70. The van der Waals surface area contributed by atoms with E-state index in [1.807, 2.05) is 18.5 Å². The maximum atomic E-state index is 11.9. The molecule has 1 aromatic heterocycles. The third-order valence-corrected chi connectivity index (χ3v) is 2.98. The van der Waals surface area contributed by atoms with Gasteiger partial charge in [-0.1, -0.05) is 13.8 Å². The molecule has 0 aliphatic heterocycles. The molecule has 19 heavy (non-hydrogen) atoms. The zero-order valence-corrected chi connectivity index (χ0v) is 12.9. The zero-order valence-electron chi connectivity index (χ0n) is 12.9.